The van der Waals surface area contributed by atoms with Crippen molar-refractivity contribution in [1.82, 2.24) is 4.98 Å². The summed E-state index contributed by atoms with van der Waals surface area (Å²) in [6.07, 6.45) is 1.53. The van der Waals surface area contributed by atoms with Crippen molar-refractivity contribution in [1.29, 1.82) is 0 Å². The van der Waals surface area contributed by atoms with Crippen molar-refractivity contribution in [3.8, 4) is 0 Å². The van der Waals surface area contributed by atoms with Crippen molar-refractivity contribution < 1.29 is 8.78 Å². The van der Waals surface area contributed by atoms with Gasteiger partial charge in [0.15, 0.2) is 0 Å². The summed E-state index contributed by atoms with van der Waals surface area (Å²) in [7, 11) is 0. The highest BCUT2D eigenvalue weighted by Crippen LogP contribution is 2.14. The van der Waals surface area contributed by atoms with Crippen molar-refractivity contribution >= 4 is 21.7 Å². The Morgan fingerprint density at radius 2 is 2.21 bits per heavy atom. The molecule has 0 spiro atoms. The lowest BCUT2D eigenvalue weighted by molar-refractivity contribution is 0.0253. The molecule has 0 radical (unpaired) electrons. The number of alkyl halides is 2. The first-order valence-corrected chi connectivity index (χ1v) is 4.76. The van der Waals surface area contributed by atoms with Crippen LogP contribution in [0.4, 0.5) is 14.6 Å². The molecule has 0 saturated heterocycles. The molecule has 78 valence electrons. The number of hydrogen-bond acceptors (Lipinski definition) is 3. The lowest BCUT2D eigenvalue weighted by atomic mass is 10.3. The van der Waals surface area contributed by atoms with Crippen molar-refractivity contribution in [2.75, 3.05) is 18.4 Å². The Kier molecular flexibility index (Phi) is 3.77. The van der Waals surface area contributed by atoms with Gasteiger partial charge in [0.25, 0.3) is 5.92 Å². The molecule has 14 heavy (non-hydrogen) atoms. The van der Waals surface area contributed by atoms with E-state index in [0.717, 1.165) is 4.47 Å². The van der Waals surface area contributed by atoms with Gasteiger partial charge >= 0.3 is 0 Å². The number of halogens is 3. The van der Waals surface area contributed by atoms with Crippen LogP contribution in [0.15, 0.2) is 22.8 Å². The molecule has 0 fully saturated rings. The van der Waals surface area contributed by atoms with Crippen molar-refractivity contribution in [2.45, 2.75) is 5.92 Å². The van der Waals surface area contributed by atoms with E-state index in [-0.39, 0.29) is 0 Å². The smallest absolute Gasteiger partial charge is 0.276 e. The topological polar surface area (TPSA) is 50.9 Å². The number of pyridine rings is 1. The first-order chi connectivity index (χ1) is 6.53. The van der Waals surface area contributed by atoms with Gasteiger partial charge in [0.1, 0.15) is 5.82 Å². The van der Waals surface area contributed by atoms with Crippen molar-refractivity contribution in [3.05, 3.63) is 22.8 Å². The van der Waals surface area contributed by atoms with Gasteiger partial charge in [0.05, 0.1) is 13.1 Å². The molecule has 0 aliphatic rings. The van der Waals surface area contributed by atoms with Crippen LogP contribution in [0.3, 0.4) is 0 Å². The summed E-state index contributed by atoms with van der Waals surface area (Å²) in [5, 5.41) is 2.50. The van der Waals surface area contributed by atoms with Gasteiger partial charge in [-0.2, -0.15) is 0 Å². The molecule has 0 aliphatic heterocycles. The van der Waals surface area contributed by atoms with Crippen LogP contribution in [0.1, 0.15) is 0 Å². The van der Waals surface area contributed by atoms with E-state index < -0.39 is 19.0 Å². The number of aromatic nitrogens is 1. The zero-order chi connectivity index (χ0) is 10.6. The van der Waals surface area contributed by atoms with E-state index in [2.05, 4.69) is 26.2 Å². The van der Waals surface area contributed by atoms with E-state index >= 15 is 0 Å². The first kappa shape index (κ1) is 11.3. The Morgan fingerprint density at radius 3 is 2.71 bits per heavy atom. The van der Waals surface area contributed by atoms with E-state index in [1.165, 1.54) is 6.20 Å². The second-order valence-corrected chi connectivity index (χ2v) is 3.69. The monoisotopic (exact) mass is 265 g/mol. The van der Waals surface area contributed by atoms with Gasteiger partial charge in [-0.05, 0) is 28.1 Å². The van der Waals surface area contributed by atoms with Crippen molar-refractivity contribution in [3.63, 3.8) is 0 Å². The standard InChI is InChI=1S/C8H10BrF2N3/c9-6-1-2-7(13-3-6)14-5-8(10,11)4-12/h1-3H,4-5,12H2,(H,13,14). The molecular formula is C8H10BrF2N3. The lowest BCUT2D eigenvalue weighted by Crippen LogP contribution is -2.35. The van der Waals surface area contributed by atoms with Crippen molar-refractivity contribution in [2.24, 2.45) is 5.73 Å². The largest absolute Gasteiger partial charge is 0.364 e. The number of hydrogen-bond donors (Lipinski definition) is 2. The summed E-state index contributed by atoms with van der Waals surface area (Å²) in [6.45, 7) is -1.17. The highest BCUT2D eigenvalue weighted by atomic mass is 79.9. The van der Waals surface area contributed by atoms with E-state index in [4.69, 9.17) is 5.73 Å². The normalized spacial score (nSPS) is 11.4. The van der Waals surface area contributed by atoms with Gasteiger partial charge in [-0.1, -0.05) is 0 Å². The maximum atomic E-state index is 12.7. The average molecular weight is 266 g/mol. The molecule has 0 aromatic carbocycles. The van der Waals surface area contributed by atoms with Gasteiger partial charge < -0.3 is 11.1 Å². The van der Waals surface area contributed by atoms with Crippen LogP contribution in [-0.2, 0) is 0 Å². The fourth-order valence-corrected chi connectivity index (χ4v) is 1.01. The third-order valence-corrected chi connectivity index (χ3v) is 2.02. The SMILES string of the molecule is NCC(F)(F)CNc1ccc(Br)cn1. The summed E-state index contributed by atoms with van der Waals surface area (Å²) in [4.78, 5) is 3.88. The third kappa shape index (κ3) is 3.55. The maximum Gasteiger partial charge on any atom is 0.276 e. The summed E-state index contributed by atoms with van der Waals surface area (Å²) >= 11 is 3.19. The van der Waals surface area contributed by atoms with Gasteiger partial charge in [-0.15, -0.1) is 0 Å². The molecule has 0 saturated carbocycles. The van der Waals surface area contributed by atoms with Crippen LogP contribution in [-0.4, -0.2) is 24.0 Å². The Hall–Kier alpha value is -0.750. The number of nitrogens with zero attached hydrogens (tertiary/aromatic N) is 1. The van der Waals surface area contributed by atoms with E-state index in [0.29, 0.717) is 5.82 Å². The fourth-order valence-electron chi connectivity index (χ4n) is 0.772. The maximum absolute atomic E-state index is 12.7. The quantitative estimate of drug-likeness (QED) is 0.874. The predicted molar refractivity (Wildman–Crippen MR) is 54.4 cm³/mol. The molecule has 1 heterocycles. The first-order valence-electron chi connectivity index (χ1n) is 3.97. The predicted octanol–water partition coefficient (Wildman–Crippen LogP) is 1.85. The molecular weight excluding hydrogens is 256 g/mol. The second kappa shape index (κ2) is 4.65. The minimum absolute atomic E-state index is 0.404. The highest BCUT2D eigenvalue weighted by molar-refractivity contribution is 9.10. The Labute approximate surface area is 88.8 Å². The molecule has 1 aromatic heterocycles. The van der Waals surface area contributed by atoms with E-state index in [1.807, 2.05) is 0 Å². The molecule has 1 aromatic rings. The molecule has 3 N–H and O–H groups in total. The summed E-state index contributed by atoms with van der Waals surface area (Å²) in [6, 6.07) is 3.33. The van der Waals surface area contributed by atoms with Crippen LogP contribution in [0.25, 0.3) is 0 Å². The van der Waals surface area contributed by atoms with Crippen LogP contribution >= 0.6 is 15.9 Å². The van der Waals surface area contributed by atoms with Crippen LogP contribution in [0.5, 0.6) is 0 Å². The summed E-state index contributed by atoms with van der Waals surface area (Å²) < 4.78 is 26.2. The van der Waals surface area contributed by atoms with Gasteiger partial charge in [0.2, 0.25) is 0 Å². The minimum atomic E-state index is -2.89. The number of anilines is 1. The molecule has 6 heteroatoms. The Bertz CT molecular complexity index is 289. The molecule has 0 amide bonds. The van der Waals surface area contributed by atoms with Gasteiger partial charge in [-0.25, -0.2) is 13.8 Å². The van der Waals surface area contributed by atoms with E-state index in [9.17, 15) is 8.78 Å². The zero-order valence-corrected chi connectivity index (χ0v) is 8.89. The molecule has 0 bridgehead atoms. The third-order valence-electron chi connectivity index (χ3n) is 1.55. The van der Waals surface area contributed by atoms with Crippen LogP contribution in [0, 0.1) is 0 Å². The van der Waals surface area contributed by atoms with Gasteiger partial charge in [-0.3, -0.25) is 0 Å². The molecule has 0 atom stereocenters. The van der Waals surface area contributed by atoms with Gasteiger partial charge in [0, 0.05) is 10.7 Å². The highest BCUT2D eigenvalue weighted by Gasteiger charge is 2.26. The number of nitrogens with two attached hydrogens (primary N) is 1. The second-order valence-electron chi connectivity index (χ2n) is 2.78. The fraction of sp³-hybridized carbons (Fsp3) is 0.375. The Balaban J connectivity index is 2.50. The molecule has 0 unspecified atom stereocenters. The minimum Gasteiger partial charge on any atom is -0.364 e. The lowest BCUT2D eigenvalue weighted by Gasteiger charge is -2.14. The molecule has 0 aliphatic carbocycles. The zero-order valence-electron chi connectivity index (χ0n) is 7.30. The van der Waals surface area contributed by atoms with Crippen LogP contribution in [0.2, 0.25) is 0 Å². The summed E-state index contributed by atoms with van der Waals surface area (Å²) in [5.74, 6) is -2.49. The number of nitrogens with one attached hydrogen (secondary N) is 1. The van der Waals surface area contributed by atoms with E-state index in [1.54, 1.807) is 12.1 Å². The van der Waals surface area contributed by atoms with Crippen LogP contribution < -0.4 is 11.1 Å². The molecule has 1 rings (SSSR count). The Morgan fingerprint density at radius 1 is 1.50 bits per heavy atom. The summed E-state index contributed by atoms with van der Waals surface area (Å²) in [5.41, 5.74) is 4.88. The average Bonchev–Trinajstić information content (AvgIpc) is 2.17. The number of rotatable bonds is 4. The molecule has 3 nitrogen and oxygen atoms in total.